The molecule has 3 aromatic rings. The van der Waals surface area contributed by atoms with Crippen LogP contribution in [0.5, 0.6) is 11.5 Å². The number of aliphatic hydroxyl groups excluding tert-OH is 1. The van der Waals surface area contributed by atoms with Crippen molar-refractivity contribution in [3.8, 4) is 11.5 Å². The van der Waals surface area contributed by atoms with Gasteiger partial charge in [0.1, 0.15) is 5.82 Å². The molecule has 0 aromatic heterocycles. The van der Waals surface area contributed by atoms with Crippen LogP contribution in [0.25, 0.3) is 0 Å². The first-order chi connectivity index (χ1) is 15.1. The lowest BCUT2D eigenvalue weighted by Crippen LogP contribution is -2.35. The summed E-state index contributed by atoms with van der Waals surface area (Å²) >= 11 is 0. The Hall–Kier alpha value is -2.93. The Balaban J connectivity index is 1.36. The van der Waals surface area contributed by atoms with Crippen LogP contribution in [0.2, 0.25) is 0 Å². The molecule has 0 unspecified atom stereocenters. The predicted octanol–water partition coefficient (Wildman–Crippen LogP) is 4.15. The highest BCUT2D eigenvalue weighted by atomic mass is 19.1. The van der Waals surface area contributed by atoms with Crippen molar-refractivity contribution in [3.63, 3.8) is 0 Å². The van der Waals surface area contributed by atoms with E-state index in [1.807, 2.05) is 55.6 Å². The van der Waals surface area contributed by atoms with Gasteiger partial charge in [0.15, 0.2) is 11.5 Å². The van der Waals surface area contributed by atoms with Crippen LogP contribution in [-0.2, 0) is 11.3 Å². The molecule has 5 nitrogen and oxygen atoms in total. The maximum absolute atomic E-state index is 13.4. The zero-order chi connectivity index (χ0) is 21.6. The molecule has 1 aliphatic rings. The molecule has 0 fully saturated rings. The molecule has 6 heteroatoms. The highest BCUT2D eigenvalue weighted by Gasteiger charge is 2.22. The van der Waals surface area contributed by atoms with E-state index in [9.17, 15) is 9.50 Å². The molecule has 0 spiro atoms. The molecule has 4 rings (SSSR count). The van der Waals surface area contributed by atoms with E-state index in [4.69, 9.17) is 14.2 Å². The van der Waals surface area contributed by atoms with Crippen LogP contribution in [0.1, 0.15) is 22.7 Å². The summed E-state index contributed by atoms with van der Waals surface area (Å²) in [6, 6.07) is 22.0. The van der Waals surface area contributed by atoms with Crippen molar-refractivity contribution in [2.24, 2.45) is 0 Å². The first-order valence-corrected chi connectivity index (χ1v) is 10.2. The molecule has 1 heterocycles. The summed E-state index contributed by atoms with van der Waals surface area (Å²) in [6.45, 7) is 1.21. The lowest BCUT2D eigenvalue weighted by molar-refractivity contribution is 0.00975. The number of rotatable bonds is 9. The van der Waals surface area contributed by atoms with Gasteiger partial charge in [-0.25, -0.2) is 4.39 Å². The Bertz CT molecular complexity index is 981. The molecule has 0 aliphatic carbocycles. The van der Waals surface area contributed by atoms with E-state index in [0.29, 0.717) is 18.9 Å². The molecule has 0 saturated heterocycles. The number of halogens is 1. The number of aliphatic hydroxyl groups is 1. The van der Waals surface area contributed by atoms with E-state index < -0.39 is 6.10 Å². The second kappa shape index (κ2) is 9.92. The Labute approximate surface area is 181 Å². The van der Waals surface area contributed by atoms with Crippen molar-refractivity contribution in [1.29, 1.82) is 0 Å². The van der Waals surface area contributed by atoms with Gasteiger partial charge in [-0.1, -0.05) is 48.5 Å². The van der Waals surface area contributed by atoms with E-state index >= 15 is 0 Å². The molecular formula is C25H26FNO4. The minimum Gasteiger partial charge on any atom is -0.454 e. The third-order valence-electron chi connectivity index (χ3n) is 5.26. The maximum Gasteiger partial charge on any atom is 0.231 e. The van der Waals surface area contributed by atoms with E-state index in [-0.39, 0.29) is 25.3 Å². The van der Waals surface area contributed by atoms with Crippen LogP contribution in [0.4, 0.5) is 4.39 Å². The van der Waals surface area contributed by atoms with Crippen LogP contribution >= 0.6 is 0 Å². The summed E-state index contributed by atoms with van der Waals surface area (Å²) in [4.78, 5) is 2.05. The quantitative estimate of drug-likeness (QED) is 0.560. The average Bonchev–Trinajstić information content (AvgIpc) is 3.24. The topological polar surface area (TPSA) is 51.2 Å². The van der Waals surface area contributed by atoms with Gasteiger partial charge >= 0.3 is 0 Å². The second-order valence-electron chi connectivity index (χ2n) is 7.66. The summed E-state index contributed by atoms with van der Waals surface area (Å²) in [6.07, 6.45) is -0.675. The molecule has 1 N–H and O–H groups in total. The highest BCUT2D eigenvalue weighted by molar-refractivity contribution is 5.44. The summed E-state index contributed by atoms with van der Waals surface area (Å²) < 4.78 is 29.8. The molecule has 162 valence electrons. The number of benzene rings is 3. The van der Waals surface area contributed by atoms with Crippen LogP contribution in [-0.4, -0.2) is 43.1 Å². The molecule has 31 heavy (non-hydrogen) atoms. The Morgan fingerprint density at radius 2 is 1.68 bits per heavy atom. The molecular weight excluding hydrogens is 397 g/mol. The molecule has 3 aromatic carbocycles. The fraction of sp³-hybridized carbons (Fsp3) is 0.280. The van der Waals surface area contributed by atoms with Crippen LogP contribution in [0.15, 0.2) is 72.8 Å². The first-order valence-electron chi connectivity index (χ1n) is 10.2. The first kappa shape index (κ1) is 21.3. The smallest absolute Gasteiger partial charge is 0.231 e. The molecule has 0 bridgehead atoms. The van der Waals surface area contributed by atoms with Gasteiger partial charge in [-0.2, -0.15) is 0 Å². The van der Waals surface area contributed by atoms with Crippen molar-refractivity contribution < 1.29 is 23.7 Å². The third kappa shape index (κ3) is 5.41. The average molecular weight is 423 g/mol. The SMILES string of the molecule is CN(C[C@H](O)COCc1ccc2c(c1)OCO2)[C@H](c1ccccc1)c1ccc(F)cc1. The molecule has 1 aliphatic heterocycles. The van der Waals surface area contributed by atoms with Crippen LogP contribution in [0.3, 0.4) is 0 Å². The monoisotopic (exact) mass is 423 g/mol. The zero-order valence-corrected chi connectivity index (χ0v) is 17.4. The number of nitrogens with zero attached hydrogens (tertiary/aromatic N) is 1. The standard InChI is InChI=1S/C25H26FNO4/c1-27(25(19-5-3-2-4-6-19)20-8-10-21(26)11-9-20)14-22(28)16-29-15-18-7-12-23-24(13-18)31-17-30-23/h2-13,22,25,28H,14-17H2,1H3/t22-,25+/m0/s1. The number of hydrogen-bond acceptors (Lipinski definition) is 5. The fourth-order valence-electron chi connectivity index (χ4n) is 3.82. The van der Waals surface area contributed by atoms with E-state index in [1.165, 1.54) is 12.1 Å². The minimum atomic E-state index is -0.675. The minimum absolute atomic E-state index is 0.106. The molecule has 0 saturated carbocycles. The van der Waals surface area contributed by atoms with Gasteiger partial charge in [-0.05, 0) is 48.0 Å². The number of fused-ring (bicyclic) bond motifs is 1. The van der Waals surface area contributed by atoms with Gasteiger partial charge in [0.2, 0.25) is 6.79 Å². The fourth-order valence-corrected chi connectivity index (χ4v) is 3.82. The van der Waals surface area contributed by atoms with Gasteiger partial charge in [0.25, 0.3) is 0 Å². The molecule has 0 radical (unpaired) electrons. The Morgan fingerprint density at radius 3 is 2.45 bits per heavy atom. The van der Waals surface area contributed by atoms with Crippen molar-refractivity contribution in [3.05, 3.63) is 95.3 Å². The van der Waals surface area contributed by atoms with E-state index in [1.54, 1.807) is 12.1 Å². The number of ether oxygens (including phenoxy) is 3. The van der Waals surface area contributed by atoms with Gasteiger partial charge in [-0.15, -0.1) is 0 Å². The Morgan fingerprint density at radius 1 is 0.968 bits per heavy atom. The highest BCUT2D eigenvalue weighted by Crippen LogP contribution is 2.32. The van der Waals surface area contributed by atoms with E-state index in [2.05, 4.69) is 4.90 Å². The number of hydrogen-bond donors (Lipinski definition) is 1. The second-order valence-corrected chi connectivity index (χ2v) is 7.66. The summed E-state index contributed by atoms with van der Waals surface area (Å²) in [7, 11) is 1.95. The lowest BCUT2D eigenvalue weighted by atomic mass is 9.97. The van der Waals surface area contributed by atoms with Crippen molar-refractivity contribution in [2.45, 2.75) is 18.8 Å². The summed E-state index contributed by atoms with van der Waals surface area (Å²) in [5, 5.41) is 10.6. The van der Waals surface area contributed by atoms with Crippen LogP contribution in [0, 0.1) is 5.82 Å². The maximum atomic E-state index is 13.4. The third-order valence-corrected chi connectivity index (χ3v) is 5.26. The van der Waals surface area contributed by atoms with Gasteiger partial charge in [-0.3, -0.25) is 4.90 Å². The number of likely N-dealkylation sites (N-methyl/N-ethyl adjacent to an activating group) is 1. The molecule has 0 amide bonds. The summed E-state index contributed by atoms with van der Waals surface area (Å²) in [5.41, 5.74) is 2.99. The van der Waals surface area contributed by atoms with Crippen molar-refractivity contribution in [1.82, 2.24) is 4.90 Å². The van der Waals surface area contributed by atoms with Crippen molar-refractivity contribution in [2.75, 3.05) is 27.0 Å². The molecule has 2 atom stereocenters. The van der Waals surface area contributed by atoms with Gasteiger partial charge in [0.05, 0.1) is 25.4 Å². The predicted molar refractivity (Wildman–Crippen MR) is 116 cm³/mol. The largest absolute Gasteiger partial charge is 0.454 e. The van der Waals surface area contributed by atoms with Gasteiger partial charge in [0, 0.05) is 6.54 Å². The normalized spacial score (nSPS) is 14.6. The zero-order valence-electron chi connectivity index (χ0n) is 17.4. The van der Waals surface area contributed by atoms with Crippen LogP contribution < -0.4 is 9.47 Å². The Kier molecular flexibility index (Phi) is 6.82. The van der Waals surface area contributed by atoms with E-state index in [0.717, 1.165) is 22.4 Å². The van der Waals surface area contributed by atoms with Crippen molar-refractivity contribution >= 4 is 0 Å². The van der Waals surface area contributed by atoms with Gasteiger partial charge < -0.3 is 19.3 Å². The summed E-state index contributed by atoms with van der Waals surface area (Å²) in [5.74, 6) is 1.18. The lowest BCUT2D eigenvalue weighted by Gasteiger charge is -2.30.